The standard InChI is InChI=1S/C21H26F3N3O6/c1-31-14-10-9-13(15(32-2)16(14)33-3)17(28)25-20(21(22,23)24)18(29)27(19(30)26-20)11-12-7-5-4-6-8-12/h9-10,12H,4-8,11H2,1-3H3,(H,25,28)(H,26,30)/t20-/m1/s1. The van der Waals surface area contributed by atoms with Crippen LogP contribution in [0, 0.1) is 5.92 Å². The summed E-state index contributed by atoms with van der Waals surface area (Å²) in [4.78, 5) is 38.8. The molecule has 0 aromatic heterocycles. The summed E-state index contributed by atoms with van der Waals surface area (Å²) in [5.41, 5.74) is -3.94. The zero-order valence-corrected chi connectivity index (χ0v) is 18.5. The highest BCUT2D eigenvalue weighted by atomic mass is 19.4. The van der Waals surface area contributed by atoms with Crippen LogP contribution in [-0.2, 0) is 4.79 Å². The SMILES string of the molecule is COc1ccc(C(=O)N[C@@]2(C(F)(F)F)NC(=O)N(CC3CCCCC3)C2=O)c(OC)c1OC. The molecule has 1 aliphatic heterocycles. The molecule has 0 spiro atoms. The minimum Gasteiger partial charge on any atom is -0.493 e. The molecule has 2 fully saturated rings. The van der Waals surface area contributed by atoms with Crippen molar-refractivity contribution in [3.8, 4) is 17.2 Å². The molecule has 1 aliphatic carbocycles. The van der Waals surface area contributed by atoms with E-state index in [-0.39, 0.29) is 35.3 Å². The Hall–Kier alpha value is -3.18. The average molecular weight is 473 g/mol. The van der Waals surface area contributed by atoms with Gasteiger partial charge in [-0.05, 0) is 30.9 Å². The second kappa shape index (κ2) is 9.36. The first-order valence-corrected chi connectivity index (χ1v) is 10.4. The maximum absolute atomic E-state index is 14.2. The first kappa shape index (κ1) is 24.5. The molecule has 1 saturated carbocycles. The fourth-order valence-electron chi connectivity index (χ4n) is 4.24. The van der Waals surface area contributed by atoms with Gasteiger partial charge in [-0.15, -0.1) is 0 Å². The Morgan fingerprint density at radius 2 is 1.73 bits per heavy atom. The van der Waals surface area contributed by atoms with E-state index in [4.69, 9.17) is 14.2 Å². The predicted molar refractivity (Wildman–Crippen MR) is 109 cm³/mol. The maximum atomic E-state index is 14.2. The van der Waals surface area contributed by atoms with E-state index in [9.17, 15) is 27.6 Å². The zero-order chi connectivity index (χ0) is 24.4. The van der Waals surface area contributed by atoms with Gasteiger partial charge in [0.2, 0.25) is 5.75 Å². The molecule has 3 rings (SSSR count). The summed E-state index contributed by atoms with van der Waals surface area (Å²) >= 11 is 0. The summed E-state index contributed by atoms with van der Waals surface area (Å²) in [6, 6.07) is 1.27. The monoisotopic (exact) mass is 473 g/mol. The van der Waals surface area contributed by atoms with Crippen LogP contribution in [0.5, 0.6) is 17.2 Å². The molecular weight excluding hydrogens is 447 g/mol. The third-order valence-electron chi connectivity index (χ3n) is 5.95. The Kier molecular flexibility index (Phi) is 6.94. The number of ether oxygens (including phenoxy) is 3. The number of halogens is 3. The third-order valence-corrected chi connectivity index (χ3v) is 5.95. The maximum Gasteiger partial charge on any atom is 0.440 e. The van der Waals surface area contributed by atoms with Gasteiger partial charge >= 0.3 is 12.2 Å². The van der Waals surface area contributed by atoms with Gasteiger partial charge in [-0.2, -0.15) is 13.2 Å². The number of hydrogen-bond donors (Lipinski definition) is 2. The first-order valence-electron chi connectivity index (χ1n) is 10.4. The Labute approximate surface area is 188 Å². The summed E-state index contributed by atoms with van der Waals surface area (Å²) in [5, 5.41) is 3.37. The van der Waals surface area contributed by atoms with Crippen LogP contribution in [0.2, 0.25) is 0 Å². The van der Waals surface area contributed by atoms with Crippen molar-refractivity contribution in [3.05, 3.63) is 17.7 Å². The fourth-order valence-corrected chi connectivity index (χ4v) is 4.24. The topological polar surface area (TPSA) is 106 Å². The summed E-state index contributed by atoms with van der Waals surface area (Å²) in [6.07, 6.45) is -1.10. The van der Waals surface area contributed by atoms with Gasteiger partial charge in [0, 0.05) is 6.54 Å². The van der Waals surface area contributed by atoms with Gasteiger partial charge in [-0.1, -0.05) is 19.3 Å². The number of carbonyl (C=O) groups is 3. The van der Waals surface area contributed by atoms with Gasteiger partial charge < -0.3 is 19.5 Å². The van der Waals surface area contributed by atoms with Crippen molar-refractivity contribution < 1.29 is 41.8 Å². The molecule has 0 unspecified atom stereocenters. The lowest BCUT2D eigenvalue weighted by Crippen LogP contribution is -2.69. The van der Waals surface area contributed by atoms with Crippen molar-refractivity contribution in [1.29, 1.82) is 0 Å². The highest BCUT2D eigenvalue weighted by molar-refractivity contribution is 6.10. The highest BCUT2D eigenvalue weighted by Gasteiger charge is 2.69. The van der Waals surface area contributed by atoms with Crippen LogP contribution in [0.1, 0.15) is 42.5 Å². The van der Waals surface area contributed by atoms with Crippen LogP contribution in [0.3, 0.4) is 0 Å². The van der Waals surface area contributed by atoms with Gasteiger partial charge in [-0.3, -0.25) is 19.8 Å². The summed E-state index contributed by atoms with van der Waals surface area (Å²) < 4.78 is 57.9. The van der Waals surface area contributed by atoms with E-state index in [1.54, 1.807) is 10.6 Å². The highest BCUT2D eigenvalue weighted by Crippen LogP contribution is 2.41. The summed E-state index contributed by atoms with van der Waals surface area (Å²) in [6.45, 7) is -0.141. The molecule has 1 aromatic carbocycles. The smallest absolute Gasteiger partial charge is 0.440 e. The van der Waals surface area contributed by atoms with E-state index < -0.39 is 29.7 Å². The quantitative estimate of drug-likeness (QED) is 0.590. The minimum atomic E-state index is -5.31. The Balaban J connectivity index is 1.94. The predicted octanol–water partition coefficient (Wildman–Crippen LogP) is 2.83. The molecule has 1 saturated heterocycles. The number of methoxy groups -OCH3 is 3. The zero-order valence-electron chi connectivity index (χ0n) is 18.5. The normalized spacial score (nSPS) is 21.6. The molecule has 9 nitrogen and oxygen atoms in total. The van der Waals surface area contributed by atoms with Crippen LogP contribution < -0.4 is 24.8 Å². The minimum absolute atomic E-state index is 0.0191. The Morgan fingerprint density at radius 3 is 2.27 bits per heavy atom. The molecule has 0 bridgehead atoms. The van der Waals surface area contributed by atoms with E-state index in [0.717, 1.165) is 19.3 Å². The van der Waals surface area contributed by atoms with E-state index >= 15 is 0 Å². The molecule has 1 aromatic rings. The van der Waals surface area contributed by atoms with Crippen molar-refractivity contribution in [2.24, 2.45) is 5.92 Å². The van der Waals surface area contributed by atoms with Gasteiger partial charge in [0.05, 0.1) is 26.9 Å². The number of benzene rings is 1. The van der Waals surface area contributed by atoms with Crippen LogP contribution in [0.4, 0.5) is 18.0 Å². The first-order chi connectivity index (χ1) is 15.6. The summed E-state index contributed by atoms with van der Waals surface area (Å²) in [7, 11) is 3.80. The largest absolute Gasteiger partial charge is 0.493 e. The number of carbonyl (C=O) groups excluding carboxylic acids is 3. The van der Waals surface area contributed by atoms with E-state index in [1.165, 1.54) is 33.5 Å². The van der Waals surface area contributed by atoms with Crippen molar-refractivity contribution in [2.75, 3.05) is 27.9 Å². The lowest BCUT2D eigenvalue weighted by atomic mass is 9.89. The Bertz CT molecular complexity index is 933. The number of imide groups is 1. The number of nitrogens with zero attached hydrogens (tertiary/aromatic N) is 1. The molecule has 12 heteroatoms. The molecule has 182 valence electrons. The molecule has 1 heterocycles. The molecule has 2 aliphatic rings. The number of amides is 4. The fraction of sp³-hybridized carbons (Fsp3) is 0.571. The lowest BCUT2D eigenvalue weighted by molar-refractivity contribution is -0.200. The van der Waals surface area contributed by atoms with Crippen molar-refractivity contribution in [3.63, 3.8) is 0 Å². The van der Waals surface area contributed by atoms with Crippen molar-refractivity contribution >= 4 is 17.8 Å². The van der Waals surface area contributed by atoms with Gasteiger partial charge in [0.15, 0.2) is 11.5 Å². The van der Waals surface area contributed by atoms with Gasteiger partial charge in [0.25, 0.3) is 17.5 Å². The van der Waals surface area contributed by atoms with Gasteiger partial charge in [-0.25, -0.2) is 4.79 Å². The number of urea groups is 1. The van der Waals surface area contributed by atoms with Crippen LogP contribution in [-0.4, -0.2) is 62.5 Å². The number of rotatable bonds is 7. The van der Waals surface area contributed by atoms with Gasteiger partial charge in [0.1, 0.15) is 0 Å². The van der Waals surface area contributed by atoms with Crippen LogP contribution in [0.15, 0.2) is 12.1 Å². The molecule has 0 radical (unpaired) electrons. The second-order valence-electron chi connectivity index (χ2n) is 7.93. The molecule has 2 N–H and O–H groups in total. The number of hydrogen-bond acceptors (Lipinski definition) is 6. The van der Waals surface area contributed by atoms with E-state index in [2.05, 4.69) is 0 Å². The summed E-state index contributed by atoms with van der Waals surface area (Å²) in [5.74, 6) is -2.98. The van der Waals surface area contributed by atoms with E-state index in [1.807, 2.05) is 0 Å². The molecule has 1 atom stereocenters. The Morgan fingerprint density at radius 1 is 1.09 bits per heavy atom. The van der Waals surface area contributed by atoms with E-state index in [0.29, 0.717) is 17.7 Å². The average Bonchev–Trinajstić information content (AvgIpc) is 3.03. The van der Waals surface area contributed by atoms with Crippen LogP contribution >= 0.6 is 0 Å². The third kappa shape index (κ3) is 4.38. The number of alkyl halides is 3. The molecule has 33 heavy (non-hydrogen) atoms. The molecule has 4 amide bonds. The molecular formula is C21H26F3N3O6. The van der Waals surface area contributed by atoms with Crippen molar-refractivity contribution in [1.82, 2.24) is 15.5 Å². The number of nitrogens with one attached hydrogen (secondary N) is 2. The lowest BCUT2D eigenvalue weighted by Gasteiger charge is -2.31. The second-order valence-corrected chi connectivity index (χ2v) is 7.93. The van der Waals surface area contributed by atoms with Crippen LogP contribution in [0.25, 0.3) is 0 Å². The van der Waals surface area contributed by atoms with Crippen molar-refractivity contribution in [2.45, 2.75) is 43.9 Å².